The van der Waals surface area contributed by atoms with Gasteiger partial charge in [-0.05, 0) is 39.0 Å². The third kappa shape index (κ3) is 2.75. The van der Waals surface area contributed by atoms with E-state index < -0.39 is 11.5 Å². The average molecular weight is 319 g/mol. The molecule has 2 aliphatic rings. The predicted molar refractivity (Wildman–Crippen MR) is 86.0 cm³/mol. The number of esters is 1. The van der Waals surface area contributed by atoms with E-state index in [1.54, 1.807) is 4.68 Å². The Kier molecular flexibility index (Phi) is 4.17. The van der Waals surface area contributed by atoms with Crippen LogP contribution in [0.4, 0.5) is 5.82 Å². The van der Waals surface area contributed by atoms with Gasteiger partial charge in [-0.3, -0.25) is 14.3 Å². The van der Waals surface area contributed by atoms with E-state index in [1.165, 1.54) is 0 Å². The van der Waals surface area contributed by atoms with Gasteiger partial charge in [0.15, 0.2) is 0 Å². The van der Waals surface area contributed by atoms with Gasteiger partial charge < -0.3 is 10.1 Å². The van der Waals surface area contributed by atoms with Gasteiger partial charge in [0.25, 0.3) is 0 Å². The van der Waals surface area contributed by atoms with Crippen molar-refractivity contribution < 1.29 is 14.3 Å². The standard InChI is InChI=1S/C17H25N3O3/c1-4-13-11(2)15(20(3)19-13)18-16(22)12-10-14(21)23-17(12)8-6-5-7-9-17/h12H,4-10H2,1-3H3,(H,18,22). The highest BCUT2D eigenvalue weighted by Crippen LogP contribution is 2.44. The summed E-state index contributed by atoms with van der Waals surface area (Å²) in [6.07, 6.45) is 5.77. The van der Waals surface area contributed by atoms with Crippen molar-refractivity contribution in [3.8, 4) is 0 Å². The van der Waals surface area contributed by atoms with Crippen LogP contribution in [0.3, 0.4) is 0 Å². The summed E-state index contributed by atoms with van der Waals surface area (Å²) in [5.74, 6) is -0.0404. The number of hydrogen-bond acceptors (Lipinski definition) is 4. The molecular formula is C17H25N3O3. The second kappa shape index (κ2) is 5.98. The molecule has 3 rings (SSSR count). The Balaban J connectivity index is 1.82. The highest BCUT2D eigenvalue weighted by molar-refractivity contribution is 5.97. The number of amides is 1. The van der Waals surface area contributed by atoms with Gasteiger partial charge in [-0.1, -0.05) is 13.3 Å². The summed E-state index contributed by atoms with van der Waals surface area (Å²) < 4.78 is 7.33. The normalized spacial score (nSPS) is 23.1. The Morgan fingerprint density at radius 3 is 2.70 bits per heavy atom. The summed E-state index contributed by atoms with van der Waals surface area (Å²) in [5.41, 5.74) is 1.39. The highest BCUT2D eigenvalue weighted by Gasteiger charge is 2.53. The Labute approximate surface area is 136 Å². The monoisotopic (exact) mass is 319 g/mol. The molecule has 1 atom stereocenters. The summed E-state index contributed by atoms with van der Waals surface area (Å²) in [6, 6.07) is 0. The Morgan fingerprint density at radius 2 is 2.09 bits per heavy atom. The molecule has 1 amide bonds. The fourth-order valence-electron chi connectivity index (χ4n) is 4.02. The van der Waals surface area contributed by atoms with E-state index in [0.29, 0.717) is 0 Å². The van der Waals surface area contributed by atoms with Crippen molar-refractivity contribution in [2.24, 2.45) is 13.0 Å². The molecule has 6 nitrogen and oxygen atoms in total. The third-order valence-electron chi connectivity index (χ3n) is 5.30. The van der Waals surface area contributed by atoms with Crippen LogP contribution >= 0.6 is 0 Å². The first kappa shape index (κ1) is 16.0. The van der Waals surface area contributed by atoms with Crippen molar-refractivity contribution in [1.29, 1.82) is 0 Å². The van der Waals surface area contributed by atoms with Crippen LogP contribution < -0.4 is 5.32 Å². The van der Waals surface area contributed by atoms with E-state index in [-0.39, 0.29) is 18.3 Å². The van der Waals surface area contributed by atoms with Gasteiger partial charge in [-0.2, -0.15) is 5.10 Å². The molecule has 1 spiro atoms. The Hall–Kier alpha value is -1.85. The van der Waals surface area contributed by atoms with Crippen molar-refractivity contribution in [2.75, 3.05) is 5.32 Å². The lowest BCUT2D eigenvalue weighted by atomic mass is 9.75. The number of hydrogen-bond donors (Lipinski definition) is 1. The van der Waals surface area contributed by atoms with E-state index in [9.17, 15) is 9.59 Å². The Morgan fingerprint density at radius 1 is 1.39 bits per heavy atom. The quantitative estimate of drug-likeness (QED) is 0.869. The lowest BCUT2D eigenvalue weighted by Gasteiger charge is -2.36. The van der Waals surface area contributed by atoms with Gasteiger partial charge in [-0.15, -0.1) is 0 Å². The minimum Gasteiger partial charge on any atom is -0.458 e. The smallest absolute Gasteiger partial charge is 0.307 e. The van der Waals surface area contributed by atoms with Crippen molar-refractivity contribution in [3.63, 3.8) is 0 Å². The van der Waals surface area contributed by atoms with Crippen molar-refractivity contribution >= 4 is 17.7 Å². The van der Waals surface area contributed by atoms with E-state index in [4.69, 9.17) is 4.74 Å². The minimum atomic E-state index is -0.584. The van der Waals surface area contributed by atoms with Gasteiger partial charge in [0.2, 0.25) is 5.91 Å². The van der Waals surface area contributed by atoms with Gasteiger partial charge in [0.1, 0.15) is 11.4 Å². The van der Waals surface area contributed by atoms with Gasteiger partial charge in [0, 0.05) is 12.6 Å². The maximum atomic E-state index is 12.9. The molecule has 126 valence electrons. The summed E-state index contributed by atoms with van der Waals surface area (Å²) in [4.78, 5) is 24.7. The molecule has 1 saturated carbocycles. The average Bonchev–Trinajstić information content (AvgIpc) is 2.98. The maximum Gasteiger partial charge on any atom is 0.307 e. The van der Waals surface area contributed by atoms with Crippen LogP contribution in [0.5, 0.6) is 0 Å². The molecule has 0 radical (unpaired) electrons. The molecular weight excluding hydrogens is 294 g/mol. The fraction of sp³-hybridized carbons (Fsp3) is 0.706. The van der Waals surface area contributed by atoms with Crippen LogP contribution in [-0.4, -0.2) is 27.3 Å². The zero-order chi connectivity index (χ0) is 16.6. The first-order chi connectivity index (χ1) is 11.0. The molecule has 1 unspecified atom stereocenters. The van der Waals surface area contributed by atoms with E-state index >= 15 is 0 Å². The SMILES string of the molecule is CCc1nn(C)c(NC(=O)C2CC(=O)OC23CCCCC3)c1C. The largest absolute Gasteiger partial charge is 0.458 e. The van der Waals surface area contributed by atoms with E-state index in [1.807, 2.05) is 20.9 Å². The summed E-state index contributed by atoms with van der Waals surface area (Å²) >= 11 is 0. The van der Waals surface area contributed by atoms with Crippen LogP contribution in [0, 0.1) is 12.8 Å². The summed E-state index contributed by atoms with van der Waals surface area (Å²) in [5, 5.41) is 7.43. The first-order valence-corrected chi connectivity index (χ1v) is 8.52. The lowest BCUT2D eigenvalue weighted by molar-refractivity contribution is -0.153. The number of nitrogens with one attached hydrogen (secondary N) is 1. The second-order valence-electron chi connectivity index (χ2n) is 6.74. The molecule has 1 aliphatic heterocycles. The molecule has 23 heavy (non-hydrogen) atoms. The summed E-state index contributed by atoms with van der Waals surface area (Å²) in [6.45, 7) is 4.01. The molecule has 1 N–H and O–H groups in total. The molecule has 2 heterocycles. The predicted octanol–water partition coefficient (Wildman–Crippen LogP) is 2.50. The number of carbonyl (C=O) groups is 2. The van der Waals surface area contributed by atoms with Crippen LogP contribution in [0.2, 0.25) is 0 Å². The van der Waals surface area contributed by atoms with Crippen molar-refractivity contribution in [1.82, 2.24) is 9.78 Å². The zero-order valence-electron chi connectivity index (χ0n) is 14.1. The van der Waals surface area contributed by atoms with Crippen LogP contribution in [-0.2, 0) is 27.8 Å². The van der Waals surface area contributed by atoms with Crippen LogP contribution in [0.1, 0.15) is 56.7 Å². The molecule has 0 bridgehead atoms. The van der Waals surface area contributed by atoms with Gasteiger partial charge >= 0.3 is 5.97 Å². The number of anilines is 1. The van der Waals surface area contributed by atoms with Crippen LogP contribution in [0.15, 0.2) is 0 Å². The molecule has 2 fully saturated rings. The molecule has 1 aliphatic carbocycles. The van der Waals surface area contributed by atoms with E-state index in [2.05, 4.69) is 10.4 Å². The summed E-state index contributed by atoms with van der Waals surface area (Å²) in [7, 11) is 1.83. The fourth-order valence-corrected chi connectivity index (χ4v) is 4.02. The Bertz CT molecular complexity index is 629. The number of rotatable bonds is 3. The molecule has 1 aromatic heterocycles. The number of aromatic nitrogens is 2. The van der Waals surface area contributed by atoms with Crippen LogP contribution in [0.25, 0.3) is 0 Å². The van der Waals surface area contributed by atoms with Crippen molar-refractivity contribution in [3.05, 3.63) is 11.3 Å². The van der Waals surface area contributed by atoms with E-state index in [0.717, 1.165) is 55.6 Å². The number of aryl methyl sites for hydroxylation is 2. The topological polar surface area (TPSA) is 73.2 Å². The number of nitrogens with zero attached hydrogens (tertiary/aromatic N) is 2. The molecule has 1 saturated heterocycles. The van der Waals surface area contributed by atoms with Gasteiger partial charge in [-0.25, -0.2) is 0 Å². The van der Waals surface area contributed by atoms with Crippen molar-refractivity contribution in [2.45, 2.75) is 64.4 Å². The first-order valence-electron chi connectivity index (χ1n) is 8.52. The molecule has 1 aromatic rings. The molecule has 0 aromatic carbocycles. The lowest BCUT2D eigenvalue weighted by Crippen LogP contribution is -2.43. The second-order valence-corrected chi connectivity index (χ2v) is 6.74. The minimum absolute atomic E-state index is 0.119. The number of ether oxygens (including phenoxy) is 1. The number of carbonyl (C=O) groups excluding carboxylic acids is 2. The zero-order valence-corrected chi connectivity index (χ0v) is 14.1. The maximum absolute atomic E-state index is 12.9. The highest BCUT2D eigenvalue weighted by atomic mass is 16.6. The molecule has 6 heteroatoms. The van der Waals surface area contributed by atoms with Gasteiger partial charge in [0.05, 0.1) is 18.0 Å². The third-order valence-corrected chi connectivity index (χ3v) is 5.30.